The van der Waals surface area contributed by atoms with Crippen LogP contribution in [-0.4, -0.2) is 23.6 Å². The highest BCUT2D eigenvalue weighted by molar-refractivity contribution is 7.21. The highest BCUT2D eigenvalue weighted by atomic mass is 32.1. The molecule has 0 saturated heterocycles. The lowest BCUT2D eigenvalue weighted by atomic mass is 9.88. The lowest BCUT2D eigenvalue weighted by Crippen LogP contribution is -2.24. The number of hydrogen-bond donors (Lipinski definition) is 1. The molecule has 1 N–H and O–H groups in total. The van der Waals surface area contributed by atoms with Crippen LogP contribution in [0.25, 0.3) is 15.8 Å². The molecule has 1 aliphatic rings. The van der Waals surface area contributed by atoms with Gasteiger partial charge in [-0.3, -0.25) is 4.79 Å². The zero-order valence-electron chi connectivity index (χ0n) is 18.2. The molecule has 3 heterocycles. The number of nitrogens with one attached hydrogen (secondary N) is 1. The van der Waals surface area contributed by atoms with Gasteiger partial charge in [-0.25, -0.2) is 4.79 Å². The van der Waals surface area contributed by atoms with Crippen LogP contribution < -0.4 is 5.32 Å². The Morgan fingerprint density at radius 1 is 1.37 bits per heavy atom. The molecule has 3 rings (SSSR count). The molecule has 0 fully saturated rings. The maximum atomic E-state index is 12.7. The standard InChI is InChI=1S/C24H30N2O3S/c1-6-10-15(11-7-2)21-22-16(12-8-3)17(9-4)25-20(27)14-26(22)18-13-19(24(28)29-5)30-23(18)21/h8-9,12-13,15H,4,6-7,10-11,14H2,1-3,5H3,(H,25,27)/b12-8-. The molecular weight excluding hydrogens is 396 g/mol. The van der Waals surface area contributed by atoms with Crippen molar-refractivity contribution in [2.45, 2.75) is 58.9 Å². The van der Waals surface area contributed by atoms with Gasteiger partial charge in [0, 0.05) is 11.3 Å². The summed E-state index contributed by atoms with van der Waals surface area (Å²) in [5.74, 6) is -0.0852. The molecule has 0 saturated carbocycles. The summed E-state index contributed by atoms with van der Waals surface area (Å²) in [4.78, 5) is 25.5. The van der Waals surface area contributed by atoms with Crippen molar-refractivity contribution in [1.29, 1.82) is 0 Å². The number of aromatic nitrogens is 1. The maximum Gasteiger partial charge on any atom is 0.348 e. The van der Waals surface area contributed by atoms with Crippen molar-refractivity contribution >= 4 is 39.0 Å². The number of allylic oxidation sites excluding steroid dienone is 4. The van der Waals surface area contributed by atoms with E-state index in [-0.39, 0.29) is 18.4 Å². The van der Waals surface area contributed by atoms with Gasteiger partial charge in [0.15, 0.2) is 0 Å². The molecule has 2 aromatic heterocycles. The maximum absolute atomic E-state index is 12.7. The number of fused-ring (bicyclic) bond motifs is 3. The molecule has 160 valence electrons. The smallest absolute Gasteiger partial charge is 0.348 e. The molecule has 1 amide bonds. The van der Waals surface area contributed by atoms with Crippen molar-refractivity contribution in [2.75, 3.05) is 7.11 Å². The van der Waals surface area contributed by atoms with Crippen molar-refractivity contribution in [3.05, 3.63) is 52.7 Å². The van der Waals surface area contributed by atoms with E-state index in [0.29, 0.717) is 10.8 Å². The average Bonchev–Trinajstić information content (AvgIpc) is 3.24. The monoisotopic (exact) mass is 426 g/mol. The van der Waals surface area contributed by atoms with Gasteiger partial charge in [0.05, 0.1) is 23.0 Å². The number of thiophene rings is 1. The van der Waals surface area contributed by atoms with Gasteiger partial charge in [0.2, 0.25) is 5.91 Å². The fraction of sp³-hybridized carbons (Fsp3) is 0.417. The first kappa shape index (κ1) is 22.1. The molecule has 0 atom stereocenters. The van der Waals surface area contributed by atoms with Crippen molar-refractivity contribution in [2.24, 2.45) is 0 Å². The van der Waals surface area contributed by atoms with Crippen LogP contribution in [0.1, 0.15) is 73.3 Å². The van der Waals surface area contributed by atoms with E-state index in [1.165, 1.54) is 24.0 Å². The summed E-state index contributed by atoms with van der Waals surface area (Å²) in [6.45, 7) is 10.5. The second-order valence-corrected chi connectivity index (χ2v) is 8.57. The highest BCUT2D eigenvalue weighted by Gasteiger charge is 2.31. The van der Waals surface area contributed by atoms with Gasteiger partial charge in [-0.2, -0.15) is 0 Å². The topological polar surface area (TPSA) is 60.3 Å². The first-order valence-corrected chi connectivity index (χ1v) is 11.4. The van der Waals surface area contributed by atoms with Crippen LogP contribution in [0.15, 0.2) is 36.6 Å². The summed E-state index contributed by atoms with van der Waals surface area (Å²) < 4.78 is 8.11. The van der Waals surface area contributed by atoms with Gasteiger partial charge in [0.25, 0.3) is 0 Å². The number of rotatable bonds is 8. The second kappa shape index (κ2) is 9.47. The van der Waals surface area contributed by atoms with Gasteiger partial charge < -0.3 is 14.6 Å². The van der Waals surface area contributed by atoms with E-state index in [9.17, 15) is 9.59 Å². The number of methoxy groups -OCH3 is 1. The van der Waals surface area contributed by atoms with Crippen LogP contribution >= 0.6 is 11.3 Å². The third-order valence-corrected chi connectivity index (χ3v) is 6.64. The minimum Gasteiger partial charge on any atom is -0.465 e. The Labute approximate surface area is 182 Å². The molecular formula is C24H30N2O3S. The lowest BCUT2D eigenvalue weighted by Gasteiger charge is -2.19. The molecule has 0 spiro atoms. The van der Waals surface area contributed by atoms with Gasteiger partial charge in [-0.15, -0.1) is 11.3 Å². The lowest BCUT2D eigenvalue weighted by molar-refractivity contribution is -0.120. The summed E-state index contributed by atoms with van der Waals surface area (Å²) in [6, 6.07) is 1.87. The van der Waals surface area contributed by atoms with Crippen molar-refractivity contribution < 1.29 is 14.3 Å². The molecule has 0 aromatic carbocycles. The summed E-state index contributed by atoms with van der Waals surface area (Å²) >= 11 is 1.47. The van der Waals surface area contributed by atoms with E-state index in [0.717, 1.165) is 52.9 Å². The Morgan fingerprint density at radius 2 is 2.07 bits per heavy atom. The Bertz CT molecular complexity index is 1030. The molecule has 2 aromatic rings. The number of hydrogen-bond acceptors (Lipinski definition) is 4. The highest BCUT2D eigenvalue weighted by Crippen LogP contribution is 2.45. The normalized spacial score (nSPS) is 14.4. The molecule has 0 unspecified atom stereocenters. The zero-order valence-corrected chi connectivity index (χ0v) is 19.0. The van der Waals surface area contributed by atoms with Gasteiger partial charge in [-0.05, 0) is 43.4 Å². The average molecular weight is 427 g/mol. The minimum atomic E-state index is -0.340. The van der Waals surface area contributed by atoms with Crippen LogP contribution in [0.2, 0.25) is 0 Å². The van der Waals surface area contributed by atoms with Gasteiger partial charge in [0.1, 0.15) is 11.4 Å². The number of carbonyl (C=O) groups excluding carboxylic acids is 2. The van der Waals surface area contributed by atoms with E-state index < -0.39 is 0 Å². The first-order chi connectivity index (χ1) is 14.5. The fourth-order valence-electron chi connectivity index (χ4n) is 4.34. The minimum absolute atomic E-state index is 0.0949. The third-order valence-electron chi connectivity index (χ3n) is 5.50. The predicted molar refractivity (Wildman–Crippen MR) is 124 cm³/mol. The number of ether oxygens (including phenoxy) is 1. The Morgan fingerprint density at radius 3 is 2.63 bits per heavy atom. The molecule has 0 radical (unpaired) electrons. The SMILES string of the molecule is C=CC1=C(/C=C\C)c2c(C(CCC)CCC)c3sc(C(=O)OC)cc3n2CC(=O)N1. The van der Waals surface area contributed by atoms with Gasteiger partial charge in [-0.1, -0.05) is 45.4 Å². The molecule has 0 bridgehead atoms. The number of carbonyl (C=O) groups is 2. The number of nitrogens with zero attached hydrogens (tertiary/aromatic N) is 1. The molecule has 0 aliphatic carbocycles. The summed E-state index contributed by atoms with van der Waals surface area (Å²) in [5.41, 5.74) is 4.91. The van der Waals surface area contributed by atoms with Crippen LogP contribution in [0.3, 0.4) is 0 Å². The van der Waals surface area contributed by atoms with E-state index in [2.05, 4.69) is 30.3 Å². The number of esters is 1. The van der Waals surface area contributed by atoms with Crippen molar-refractivity contribution in [3.63, 3.8) is 0 Å². The quantitative estimate of drug-likeness (QED) is 0.545. The summed E-state index contributed by atoms with van der Waals surface area (Å²) in [6.07, 6.45) is 9.99. The Kier molecular flexibility index (Phi) is 6.98. The molecule has 1 aliphatic heterocycles. The predicted octanol–water partition coefficient (Wildman–Crippen LogP) is 5.78. The molecule has 30 heavy (non-hydrogen) atoms. The first-order valence-electron chi connectivity index (χ1n) is 10.5. The largest absolute Gasteiger partial charge is 0.465 e. The van der Waals surface area contributed by atoms with Crippen LogP contribution in [0.5, 0.6) is 0 Å². The molecule has 6 heteroatoms. The van der Waals surface area contributed by atoms with Crippen molar-refractivity contribution in [1.82, 2.24) is 9.88 Å². The fourth-order valence-corrected chi connectivity index (χ4v) is 5.54. The van der Waals surface area contributed by atoms with Crippen LogP contribution in [0.4, 0.5) is 0 Å². The van der Waals surface area contributed by atoms with E-state index in [1.54, 1.807) is 6.08 Å². The number of amides is 1. The third kappa shape index (κ3) is 3.88. The van der Waals surface area contributed by atoms with E-state index in [1.807, 2.05) is 25.1 Å². The zero-order chi connectivity index (χ0) is 21.8. The van der Waals surface area contributed by atoms with E-state index in [4.69, 9.17) is 4.74 Å². The van der Waals surface area contributed by atoms with Crippen LogP contribution in [-0.2, 0) is 16.1 Å². The summed E-state index contributed by atoms with van der Waals surface area (Å²) in [7, 11) is 1.40. The van der Waals surface area contributed by atoms with E-state index >= 15 is 0 Å². The van der Waals surface area contributed by atoms with Crippen LogP contribution in [0, 0.1) is 0 Å². The Hall–Kier alpha value is -2.60. The van der Waals surface area contributed by atoms with Gasteiger partial charge >= 0.3 is 5.97 Å². The second-order valence-electron chi connectivity index (χ2n) is 7.52. The summed E-state index contributed by atoms with van der Waals surface area (Å²) in [5, 5.41) is 2.99. The van der Waals surface area contributed by atoms with Crippen molar-refractivity contribution in [3.8, 4) is 0 Å². The Balaban J connectivity index is 2.43. The molecule has 5 nitrogen and oxygen atoms in total.